The number of aromatic nitrogens is 4. The van der Waals surface area contributed by atoms with Crippen molar-refractivity contribution in [2.75, 3.05) is 0 Å². The minimum Gasteiger partial charge on any atom is -0.444 e. The summed E-state index contributed by atoms with van der Waals surface area (Å²) < 4.78 is 13.2. The van der Waals surface area contributed by atoms with Gasteiger partial charge in [-0.1, -0.05) is 20.8 Å². The number of nitrogens with zero attached hydrogens (tertiary/aromatic N) is 4. The van der Waals surface area contributed by atoms with Gasteiger partial charge >= 0.3 is 6.09 Å². The van der Waals surface area contributed by atoms with Crippen molar-refractivity contribution in [3.05, 3.63) is 36.2 Å². The lowest BCUT2D eigenvalue weighted by atomic mass is 10.2. The minimum absolute atomic E-state index is 0.147. The highest BCUT2D eigenvalue weighted by Crippen LogP contribution is 2.36. The van der Waals surface area contributed by atoms with Gasteiger partial charge in [-0.2, -0.15) is 0 Å². The Morgan fingerprint density at radius 3 is 2.45 bits per heavy atom. The summed E-state index contributed by atoms with van der Waals surface area (Å²) in [6, 6.07) is 1.75. The molecular weight excluding hydrogens is 386 g/mol. The fraction of sp³-hybridized carbons (Fsp3) is 0.600. The monoisotopic (exact) mass is 419 g/mol. The number of amides is 1. The zero-order chi connectivity index (χ0) is 21.9. The zero-order valence-corrected chi connectivity index (χ0v) is 19.7. The Morgan fingerprint density at radius 2 is 1.83 bits per heavy atom. The van der Waals surface area contributed by atoms with Crippen molar-refractivity contribution in [2.24, 2.45) is 0 Å². The van der Waals surface area contributed by atoms with Gasteiger partial charge in [0.05, 0.1) is 24.5 Å². The molecule has 0 saturated heterocycles. The van der Waals surface area contributed by atoms with E-state index >= 15 is 0 Å². The van der Waals surface area contributed by atoms with Gasteiger partial charge in [-0.15, -0.1) is 0 Å². The first-order valence-electron chi connectivity index (χ1n) is 9.73. The van der Waals surface area contributed by atoms with Crippen LogP contribution in [-0.2, 0) is 22.3 Å². The molecule has 0 radical (unpaired) electrons. The van der Waals surface area contributed by atoms with Gasteiger partial charge in [0, 0.05) is 12.4 Å². The third-order valence-electron chi connectivity index (χ3n) is 4.77. The van der Waals surface area contributed by atoms with Crippen LogP contribution >= 0.6 is 0 Å². The van der Waals surface area contributed by atoms with Crippen molar-refractivity contribution in [3.8, 4) is 5.95 Å². The van der Waals surface area contributed by atoms with Crippen molar-refractivity contribution in [2.45, 2.75) is 78.4 Å². The Bertz CT molecular complexity index is 837. The number of alkyl carbamates (subject to hydrolysis) is 1. The molecule has 0 atom stereocenters. The van der Waals surface area contributed by atoms with Crippen LogP contribution in [0.3, 0.4) is 0 Å². The molecule has 0 aromatic carbocycles. The Morgan fingerprint density at radius 1 is 1.14 bits per heavy atom. The van der Waals surface area contributed by atoms with Gasteiger partial charge in [-0.3, -0.25) is 4.57 Å². The molecule has 8 nitrogen and oxygen atoms in total. The number of carbonyl (C=O) groups excluding carboxylic acids is 1. The summed E-state index contributed by atoms with van der Waals surface area (Å²) in [5, 5.41) is 2.85. The van der Waals surface area contributed by atoms with E-state index in [1.807, 2.05) is 27.0 Å². The van der Waals surface area contributed by atoms with Crippen LogP contribution in [0.5, 0.6) is 0 Å². The second kappa shape index (κ2) is 8.62. The van der Waals surface area contributed by atoms with Gasteiger partial charge in [0.2, 0.25) is 5.95 Å². The molecule has 1 amide bonds. The first kappa shape index (κ1) is 23.0. The van der Waals surface area contributed by atoms with Gasteiger partial charge in [-0.05, 0) is 45.0 Å². The molecule has 29 heavy (non-hydrogen) atoms. The molecule has 0 fully saturated rings. The highest BCUT2D eigenvalue weighted by Gasteiger charge is 2.37. The van der Waals surface area contributed by atoms with E-state index in [4.69, 9.17) is 9.16 Å². The second-order valence-electron chi connectivity index (χ2n) is 9.52. The van der Waals surface area contributed by atoms with Crippen molar-refractivity contribution in [1.82, 2.24) is 24.8 Å². The molecule has 2 aromatic rings. The van der Waals surface area contributed by atoms with E-state index in [2.05, 4.69) is 54.1 Å². The fourth-order valence-electron chi connectivity index (χ4n) is 2.10. The molecule has 0 bridgehead atoms. The number of hydrogen-bond acceptors (Lipinski definition) is 6. The molecule has 1 N–H and O–H groups in total. The predicted octanol–water partition coefficient (Wildman–Crippen LogP) is 4.21. The SMILES string of the molecule is CC(C)(C)OC(=O)NCc1ccnc(-n2cnc(CO[Si](C)(C)C(C)(C)C)c2)n1. The number of ether oxygens (including phenoxy) is 1. The Balaban J connectivity index is 2.00. The minimum atomic E-state index is -1.84. The first-order chi connectivity index (χ1) is 13.3. The molecule has 160 valence electrons. The number of rotatable bonds is 6. The maximum atomic E-state index is 11.8. The molecule has 0 spiro atoms. The van der Waals surface area contributed by atoms with E-state index in [0.29, 0.717) is 18.2 Å². The van der Waals surface area contributed by atoms with Crippen LogP contribution in [-0.4, -0.2) is 39.5 Å². The molecule has 0 aliphatic rings. The van der Waals surface area contributed by atoms with Crippen LogP contribution in [0.25, 0.3) is 5.95 Å². The zero-order valence-electron chi connectivity index (χ0n) is 18.7. The van der Waals surface area contributed by atoms with Gasteiger partial charge < -0.3 is 14.5 Å². The maximum absolute atomic E-state index is 11.8. The van der Waals surface area contributed by atoms with E-state index in [0.717, 1.165) is 5.69 Å². The van der Waals surface area contributed by atoms with Crippen molar-refractivity contribution >= 4 is 14.4 Å². The average molecular weight is 420 g/mol. The normalized spacial score (nSPS) is 12.7. The summed E-state index contributed by atoms with van der Waals surface area (Å²) in [5.74, 6) is 0.486. The van der Waals surface area contributed by atoms with Crippen molar-refractivity contribution < 1.29 is 14.0 Å². The molecule has 0 unspecified atom stereocenters. The predicted molar refractivity (Wildman–Crippen MR) is 114 cm³/mol. The molecule has 0 aliphatic heterocycles. The van der Waals surface area contributed by atoms with E-state index < -0.39 is 20.0 Å². The van der Waals surface area contributed by atoms with E-state index in [-0.39, 0.29) is 11.6 Å². The molecule has 2 heterocycles. The molecule has 0 saturated carbocycles. The standard InChI is InChI=1S/C20H33N5O3Si/c1-19(2,3)28-18(26)22-11-15-9-10-21-17(24-15)25-12-16(23-14-25)13-27-29(7,8)20(4,5)6/h9-10,12,14H,11,13H2,1-8H3,(H,22,26). The molecule has 2 rings (SSSR count). The number of carbonyl (C=O) groups is 1. The van der Waals surface area contributed by atoms with E-state index in [1.165, 1.54) is 0 Å². The summed E-state index contributed by atoms with van der Waals surface area (Å²) in [5.41, 5.74) is 0.963. The Hall–Kier alpha value is -2.26. The van der Waals surface area contributed by atoms with E-state index in [1.54, 1.807) is 23.2 Å². The summed E-state index contributed by atoms with van der Waals surface area (Å²) in [7, 11) is -1.84. The van der Waals surface area contributed by atoms with Gasteiger partial charge in [0.25, 0.3) is 0 Å². The fourth-order valence-corrected chi connectivity index (χ4v) is 3.04. The molecular formula is C20H33N5O3Si. The first-order valence-corrected chi connectivity index (χ1v) is 12.6. The topological polar surface area (TPSA) is 91.2 Å². The smallest absolute Gasteiger partial charge is 0.407 e. The Labute approximate surface area is 174 Å². The highest BCUT2D eigenvalue weighted by molar-refractivity contribution is 6.74. The number of hydrogen-bond donors (Lipinski definition) is 1. The van der Waals surface area contributed by atoms with Gasteiger partial charge in [0.15, 0.2) is 8.32 Å². The van der Waals surface area contributed by atoms with Crippen LogP contribution in [0.4, 0.5) is 4.79 Å². The number of nitrogens with one attached hydrogen (secondary N) is 1. The highest BCUT2D eigenvalue weighted by atomic mass is 28.4. The van der Waals surface area contributed by atoms with Crippen molar-refractivity contribution in [1.29, 1.82) is 0 Å². The number of imidazole rings is 1. The van der Waals surface area contributed by atoms with Crippen LogP contribution in [0.2, 0.25) is 18.1 Å². The average Bonchev–Trinajstić information content (AvgIpc) is 3.05. The molecule has 2 aromatic heterocycles. The van der Waals surface area contributed by atoms with Gasteiger partial charge in [-0.25, -0.2) is 19.7 Å². The van der Waals surface area contributed by atoms with Gasteiger partial charge in [0.1, 0.15) is 11.9 Å². The van der Waals surface area contributed by atoms with Crippen LogP contribution in [0, 0.1) is 0 Å². The Kier molecular flexibility index (Phi) is 6.84. The maximum Gasteiger partial charge on any atom is 0.407 e. The molecule has 0 aliphatic carbocycles. The lowest BCUT2D eigenvalue weighted by molar-refractivity contribution is 0.0523. The summed E-state index contributed by atoms with van der Waals surface area (Å²) >= 11 is 0. The quantitative estimate of drug-likeness (QED) is 0.705. The third kappa shape index (κ3) is 6.93. The lowest BCUT2D eigenvalue weighted by Crippen LogP contribution is -2.40. The van der Waals surface area contributed by atoms with E-state index in [9.17, 15) is 4.79 Å². The summed E-state index contributed by atoms with van der Waals surface area (Å²) in [6.45, 7) is 17.2. The van der Waals surface area contributed by atoms with Crippen molar-refractivity contribution in [3.63, 3.8) is 0 Å². The van der Waals surface area contributed by atoms with Crippen LogP contribution < -0.4 is 5.32 Å². The lowest BCUT2D eigenvalue weighted by Gasteiger charge is -2.35. The largest absolute Gasteiger partial charge is 0.444 e. The van der Waals surface area contributed by atoms with Crippen LogP contribution in [0.15, 0.2) is 24.8 Å². The molecule has 9 heteroatoms. The summed E-state index contributed by atoms with van der Waals surface area (Å²) in [4.78, 5) is 25.0. The van der Waals surface area contributed by atoms with Crippen LogP contribution in [0.1, 0.15) is 52.9 Å². The third-order valence-corrected chi connectivity index (χ3v) is 9.25. The summed E-state index contributed by atoms with van der Waals surface area (Å²) in [6.07, 6.45) is 4.71. The second-order valence-corrected chi connectivity index (χ2v) is 14.3.